The number of rotatable bonds is 6. The van der Waals surface area contributed by atoms with E-state index in [0.717, 1.165) is 37.1 Å². The van der Waals surface area contributed by atoms with Crippen LogP contribution in [0.1, 0.15) is 25.7 Å². The predicted molar refractivity (Wildman–Crippen MR) is 125 cm³/mol. The predicted octanol–water partition coefficient (Wildman–Crippen LogP) is 3.43. The Hall–Kier alpha value is -3.55. The first kappa shape index (κ1) is 21.7. The number of ether oxygens (including phenoxy) is 2. The van der Waals surface area contributed by atoms with Crippen molar-refractivity contribution in [3.05, 3.63) is 52.8 Å². The lowest BCUT2D eigenvalue weighted by Gasteiger charge is -2.23. The molecule has 168 valence electrons. The van der Waals surface area contributed by atoms with E-state index in [-0.39, 0.29) is 18.0 Å². The Balaban J connectivity index is 1.66. The van der Waals surface area contributed by atoms with Gasteiger partial charge >= 0.3 is 0 Å². The molecule has 1 aromatic heterocycles. The molecule has 0 bridgehead atoms. The summed E-state index contributed by atoms with van der Waals surface area (Å²) < 4.78 is 11.8. The van der Waals surface area contributed by atoms with Gasteiger partial charge in [-0.15, -0.1) is 0 Å². The van der Waals surface area contributed by atoms with Crippen LogP contribution in [0.4, 0.5) is 11.5 Å². The summed E-state index contributed by atoms with van der Waals surface area (Å²) >= 11 is 0. The standard InChI is InChI=1S/C24H28N4O4/c1-31-17-11-12-21(32-2)20(15-17)25-22(29)16-28-24(30)19-10-6-5-9-18(19)23(26-28)27-13-7-3-4-8-14-27/h5-6,9-12,15H,3-4,7-8,13-14,16H2,1-2H3,(H,25,29). The minimum Gasteiger partial charge on any atom is -0.497 e. The van der Waals surface area contributed by atoms with Gasteiger partial charge in [0.25, 0.3) is 5.56 Å². The van der Waals surface area contributed by atoms with E-state index in [2.05, 4.69) is 15.3 Å². The molecule has 1 aliphatic heterocycles. The van der Waals surface area contributed by atoms with Crippen LogP contribution in [0.15, 0.2) is 47.3 Å². The first-order valence-corrected chi connectivity index (χ1v) is 10.9. The molecule has 1 amide bonds. The number of nitrogens with one attached hydrogen (secondary N) is 1. The zero-order valence-electron chi connectivity index (χ0n) is 18.5. The van der Waals surface area contributed by atoms with Crippen molar-refractivity contribution in [2.75, 3.05) is 37.5 Å². The Kier molecular flexibility index (Phi) is 6.58. The molecule has 1 saturated heterocycles. The molecule has 8 heteroatoms. The van der Waals surface area contributed by atoms with Crippen LogP contribution in [-0.4, -0.2) is 43.0 Å². The number of hydrogen-bond acceptors (Lipinski definition) is 6. The highest BCUT2D eigenvalue weighted by Gasteiger charge is 2.19. The summed E-state index contributed by atoms with van der Waals surface area (Å²) in [6.45, 7) is 1.58. The lowest BCUT2D eigenvalue weighted by Crippen LogP contribution is -2.33. The van der Waals surface area contributed by atoms with E-state index in [0.29, 0.717) is 22.6 Å². The smallest absolute Gasteiger partial charge is 0.275 e. The SMILES string of the molecule is COc1ccc(OC)c(NC(=O)Cn2nc(N3CCCCCC3)c3ccccc3c2=O)c1. The van der Waals surface area contributed by atoms with Gasteiger partial charge in [0.15, 0.2) is 5.82 Å². The Labute approximate surface area is 186 Å². The number of anilines is 2. The lowest BCUT2D eigenvalue weighted by atomic mass is 10.1. The van der Waals surface area contributed by atoms with E-state index in [9.17, 15) is 9.59 Å². The van der Waals surface area contributed by atoms with Gasteiger partial charge in [0.2, 0.25) is 5.91 Å². The van der Waals surface area contributed by atoms with E-state index < -0.39 is 0 Å². The highest BCUT2D eigenvalue weighted by atomic mass is 16.5. The van der Waals surface area contributed by atoms with Crippen LogP contribution in [0.3, 0.4) is 0 Å². The second-order valence-electron chi connectivity index (χ2n) is 7.85. The molecule has 2 heterocycles. The van der Waals surface area contributed by atoms with E-state index in [1.54, 1.807) is 31.4 Å². The van der Waals surface area contributed by atoms with Crippen molar-refractivity contribution in [3.63, 3.8) is 0 Å². The van der Waals surface area contributed by atoms with Crippen molar-refractivity contribution in [1.82, 2.24) is 9.78 Å². The fraction of sp³-hybridized carbons (Fsp3) is 0.375. The minimum atomic E-state index is -0.372. The van der Waals surface area contributed by atoms with Crippen molar-refractivity contribution in [2.24, 2.45) is 0 Å². The summed E-state index contributed by atoms with van der Waals surface area (Å²) in [5.41, 5.74) is 0.186. The molecule has 32 heavy (non-hydrogen) atoms. The number of fused-ring (bicyclic) bond motifs is 1. The minimum absolute atomic E-state index is 0.204. The lowest BCUT2D eigenvalue weighted by molar-refractivity contribution is -0.117. The average Bonchev–Trinajstić information content (AvgIpc) is 3.10. The summed E-state index contributed by atoms with van der Waals surface area (Å²) in [6.07, 6.45) is 4.56. The molecule has 0 aliphatic carbocycles. The second kappa shape index (κ2) is 9.72. The van der Waals surface area contributed by atoms with E-state index in [1.807, 2.05) is 18.2 Å². The number of nitrogens with zero attached hydrogens (tertiary/aromatic N) is 3. The van der Waals surface area contributed by atoms with Gasteiger partial charge in [-0.25, -0.2) is 4.68 Å². The number of aromatic nitrogens is 2. The fourth-order valence-electron chi connectivity index (χ4n) is 4.08. The van der Waals surface area contributed by atoms with Gasteiger partial charge < -0.3 is 19.7 Å². The van der Waals surface area contributed by atoms with Gasteiger partial charge in [0.1, 0.15) is 18.0 Å². The number of carbonyl (C=O) groups excluding carboxylic acids is 1. The summed E-state index contributed by atoms with van der Waals surface area (Å²) in [7, 11) is 3.08. The first-order chi connectivity index (χ1) is 15.6. The second-order valence-corrected chi connectivity index (χ2v) is 7.85. The number of carbonyl (C=O) groups is 1. The molecule has 8 nitrogen and oxygen atoms in total. The summed E-state index contributed by atoms with van der Waals surface area (Å²) in [4.78, 5) is 28.2. The van der Waals surface area contributed by atoms with Crippen molar-refractivity contribution in [1.29, 1.82) is 0 Å². The van der Waals surface area contributed by atoms with Crippen LogP contribution in [0.5, 0.6) is 11.5 Å². The average molecular weight is 437 g/mol. The number of amides is 1. The maximum Gasteiger partial charge on any atom is 0.275 e. The monoisotopic (exact) mass is 436 g/mol. The third kappa shape index (κ3) is 4.54. The maximum atomic E-state index is 13.1. The Morgan fingerprint density at radius 2 is 1.72 bits per heavy atom. The highest BCUT2D eigenvalue weighted by molar-refractivity contribution is 5.94. The van der Waals surface area contributed by atoms with Crippen molar-refractivity contribution >= 4 is 28.2 Å². The molecular weight excluding hydrogens is 408 g/mol. The molecule has 1 N–H and O–H groups in total. The quantitative estimate of drug-likeness (QED) is 0.637. The Bertz CT molecular complexity index is 1170. The van der Waals surface area contributed by atoms with Gasteiger partial charge in [-0.3, -0.25) is 9.59 Å². The van der Waals surface area contributed by atoms with Gasteiger partial charge in [-0.1, -0.05) is 31.0 Å². The third-order valence-corrected chi connectivity index (χ3v) is 5.73. The number of hydrogen-bond donors (Lipinski definition) is 1. The molecule has 4 rings (SSSR count). The first-order valence-electron chi connectivity index (χ1n) is 10.9. The van der Waals surface area contributed by atoms with Crippen LogP contribution in [0, 0.1) is 0 Å². The number of methoxy groups -OCH3 is 2. The van der Waals surface area contributed by atoms with Gasteiger partial charge in [0, 0.05) is 24.5 Å². The van der Waals surface area contributed by atoms with Gasteiger partial charge in [0.05, 0.1) is 25.3 Å². The largest absolute Gasteiger partial charge is 0.497 e. The van der Waals surface area contributed by atoms with Crippen LogP contribution in [-0.2, 0) is 11.3 Å². The van der Waals surface area contributed by atoms with Gasteiger partial charge in [-0.2, -0.15) is 5.10 Å². The van der Waals surface area contributed by atoms with Crippen LogP contribution >= 0.6 is 0 Å². The third-order valence-electron chi connectivity index (χ3n) is 5.73. The molecule has 0 radical (unpaired) electrons. The zero-order chi connectivity index (χ0) is 22.5. The maximum absolute atomic E-state index is 13.1. The van der Waals surface area contributed by atoms with Crippen LogP contribution in [0.25, 0.3) is 10.8 Å². The van der Waals surface area contributed by atoms with E-state index in [1.165, 1.54) is 24.6 Å². The van der Waals surface area contributed by atoms with Crippen molar-refractivity contribution in [2.45, 2.75) is 32.2 Å². The van der Waals surface area contributed by atoms with Crippen molar-refractivity contribution < 1.29 is 14.3 Å². The molecule has 1 fully saturated rings. The Morgan fingerprint density at radius 1 is 1.00 bits per heavy atom. The molecule has 0 saturated carbocycles. The summed E-state index contributed by atoms with van der Waals surface area (Å²) in [5, 5.41) is 8.84. The molecular formula is C24H28N4O4. The summed E-state index contributed by atoms with van der Waals surface area (Å²) in [6, 6.07) is 12.6. The molecule has 3 aromatic rings. The summed E-state index contributed by atoms with van der Waals surface area (Å²) in [5.74, 6) is 1.48. The topological polar surface area (TPSA) is 85.7 Å². The molecule has 1 aliphatic rings. The molecule has 0 spiro atoms. The van der Waals surface area contributed by atoms with E-state index >= 15 is 0 Å². The fourth-order valence-corrected chi connectivity index (χ4v) is 4.08. The Morgan fingerprint density at radius 3 is 2.41 bits per heavy atom. The van der Waals surface area contributed by atoms with E-state index in [4.69, 9.17) is 9.47 Å². The van der Waals surface area contributed by atoms with Crippen LogP contribution in [0.2, 0.25) is 0 Å². The normalized spacial score (nSPS) is 14.1. The van der Waals surface area contributed by atoms with Crippen molar-refractivity contribution in [3.8, 4) is 11.5 Å². The van der Waals surface area contributed by atoms with Crippen LogP contribution < -0.4 is 25.2 Å². The molecule has 0 unspecified atom stereocenters. The van der Waals surface area contributed by atoms with Gasteiger partial charge in [-0.05, 0) is 31.0 Å². The molecule has 0 atom stereocenters. The zero-order valence-corrected chi connectivity index (χ0v) is 18.5. The highest BCUT2D eigenvalue weighted by Crippen LogP contribution is 2.29. The number of benzene rings is 2. The molecule has 2 aromatic carbocycles.